The number of ether oxygens (including phenoxy) is 1. The van der Waals surface area contributed by atoms with E-state index < -0.39 is 4.92 Å². The van der Waals surface area contributed by atoms with Crippen LogP contribution in [0.4, 0.5) is 11.4 Å². The first-order valence-corrected chi connectivity index (χ1v) is 13.6. The maximum absolute atomic E-state index is 13.7. The Morgan fingerprint density at radius 1 is 1.05 bits per heavy atom. The molecule has 0 N–H and O–H groups in total. The minimum atomic E-state index is -0.446. The van der Waals surface area contributed by atoms with Crippen molar-refractivity contribution in [2.45, 2.75) is 6.61 Å². The molecule has 0 saturated heterocycles. The highest BCUT2D eigenvalue weighted by Crippen LogP contribution is 2.30. The topological polar surface area (TPSA) is 116 Å². The van der Waals surface area contributed by atoms with Gasteiger partial charge >= 0.3 is 0 Å². The zero-order valence-electron chi connectivity index (χ0n) is 23.1. The van der Waals surface area contributed by atoms with Gasteiger partial charge < -0.3 is 14.1 Å². The second-order valence-corrected chi connectivity index (χ2v) is 10.4. The summed E-state index contributed by atoms with van der Waals surface area (Å²) in [6.45, 7) is 0.167. The maximum atomic E-state index is 13.7. The number of hydrogen-bond acceptors (Lipinski definition) is 8. The number of non-ortho nitro benzene ring substituents is 1. The third-order valence-corrected chi connectivity index (χ3v) is 7.05. The number of benzene rings is 4. The van der Waals surface area contributed by atoms with Crippen LogP contribution in [0.2, 0.25) is 5.02 Å². The number of aromatic nitrogens is 2. The first-order valence-electron chi connectivity index (χ1n) is 13.2. The smallest absolute Gasteiger partial charge is 0.282 e. The zero-order chi connectivity index (χ0) is 30.1. The van der Waals surface area contributed by atoms with Crippen molar-refractivity contribution in [3.05, 3.63) is 128 Å². The third kappa shape index (κ3) is 5.68. The Bertz CT molecular complexity index is 2080. The molecule has 0 aliphatic heterocycles. The Labute approximate surface area is 250 Å². The average molecular weight is 594 g/mol. The SMILES string of the molecule is CN(C)c1ccc(C=Nn2c(-c3cc4cc(Cl)ccc4o3)nc3ccccc3c2=O)c(OCc2ccc([N+](=O)[O-])cc2)c1. The normalized spacial score (nSPS) is 11.4. The summed E-state index contributed by atoms with van der Waals surface area (Å²) in [7, 11) is 3.83. The van der Waals surface area contributed by atoms with Gasteiger partial charge in [-0.2, -0.15) is 9.78 Å². The lowest BCUT2D eigenvalue weighted by Gasteiger charge is -2.16. The molecule has 0 aliphatic rings. The van der Waals surface area contributed by atoms with Crippen LogP contribution in [0, 0.1) is 10.1 Å². The first-order chi connectivity index (χ1) is 20.8. The standard InChI is InChI=1S/C32H24ClN5O5/c1-36(2)25-13-9-21(29(17-25)42-19-20-7-11-24(12-8-20)38(40)41)18-34-37-31(35-27-6-4-3-5-26(27)32(37)39)30-16-22-15-23(33)10-14-28(22)43-30/h3-18H,19H2,1-2H3. The number of hydrogen-bond donors (Lipinski definition) is 0. The Hall–Kier alpha value is -5.48. The predicted molar refractivity (Wildman–Crippen MR) is 167 cm³/mol. The van der Waals surface area contributed by atoms with Crippen LogP contribution < -0.4 is 15.2 Å². The molecule has 43 heavy (non-hydrogen) atoms. The van der Waals surface area contributed by atoms with E-state index in [-0.39, 0.29) is 23.7 Å². The predicted octanol–water partition coefficient (Wildman–Crippen LogP) is 6.90. The van der Waals surface area contributed by atoms with Crippen molar-refractivity contribution in [1.29, 1.82) is 0 Å². The summed E-state index contributed by atoms with van der Waals surface area (Å²) in [5, 5.41) is 17.3. The Balaban J connectivity index is 1.42. The Morgan fingerprint density at radius 3 is 2.60 bits per heavy atom. The highest BCUT2D eigenvalue weighted by molar-refractivity contribution is 6.31. The van der Waals surface area contributed by atoms with Crippen LogP contribution in [-0.2, 0) is 6.61 Å². The number of rotatable bonds is 8. The largest absolute Gasteiger partial charge is 0.488 e. The molecular weight excluding hydrogens is 570 g/mol. The summed E-state index contributed by atoms with van der Waals surface area (Å²) in [6.07, 6.45) is 1.53. The molecule has 214 valence electrons. The van der Waals surface area contributed by atoms with E-state index in [1.165, 1.54) is 23.0 Å². The molecule has 2 aromatic heterocycles. The van der Waals surface area contributed by atoms with Gasteiger partial charge in [0.05, 0.1) is 22.0 Å². The number of anilines is 1. The van der Waals surface area contributed by atoms with Crippen molar-refractivity contribution in [2.75, 3.05) is 19.0 Å². The molecule has 0 unspecified atom stereocenters. The van der Waals surface area contributed by atoms with Crippen LogP contribution in [-0.4, -0.2) is 34.9 Å². The summed E-state index contributed by atoms with van der Waals surface area (Å²) in [6, 6.07) is 25.8. The first kappa shape index (κ1) is 27.7. The monoisotopic (exact) mass is 593 g/mol. The Morgan fingerprint density at radius 2 is 1.84 bits per heavy atom. The summed E-state index contributed by atoms with van der Waals surface area (Å²) in [5.74, 6) is 1.09. The van der Waals surface area contributed by atoms with Gasteiger partial charge in [-0.15, -0.1) is 0 Å². The lowest BCUT2D eigenvalue weighted by molar-refractivity contribution is -0.384. The van der Waals surface area contributed by atoms with E-state index in [4.69, 9.17) is 25.7 Å². The second kappa shape index (κ2) is 11.4. The van der Waals surface area contributed by atoms with Gasteiger partial charge in [0.15, 0.2) is 5.76 Å². The van der Waals surface area contributed by atoms with E-state index in [1.807, 2.05) is 43.3 Å². The lowest BCUT2D eigenvalue weighted by Crippen LogP contribution is -2.20. The van der Waals surface area contributed by atoms with E-state index in [9.17, 15) is 14.9 Å². The fraction of sp³-hybridized carbons (Fsp3) is 0.0938. The molecule has 0 atom stereocenters. The van der Waals surface area contributed by atoms with Gasteiger partial charge in [-0.1, -0.05) is 23.7 Å². The minimum Gasteiger partial charge on any atom is -0.488 e. The molecule has 6 aromatic rings. The average Bonchev–Trinajstić information content (AvgIpc) is 3.43. The van der Waals surface area contributed by atoms with Crippen LogP contribution in [0.25, 0.3) is 33.5 Å². The van der Waals surface area contributed by atoms with Gasteiger partial charge in [-0.25, -0.2) is 4.98 Å². The molecule has 0 amide bonds. The molecule has 6 rings (SSSR count). The molecule has 11 heteroatoms. The van der Waals surface area contributed by atoms with Gasteiger partial charge in [0.2, 0.25) is 5.82 Å². The molecule has 10 nitrogen and oxygen atoms in total. The Kier molecular flexibility index (Phi) is 7.35. The number of furan rings is 1. The molecule has 0 spiro atoms. The maximum Gasteiger partial charge on any atom is 0.282 e. The van der Waals surface area contributed by atoms with E-state index in [1.54, 1.807) is 54.6 Å². The number of halogens is 1. The van der Waals surface area contributed by atoms with Crippen LogP contribution in [0.3, 0.4) is 0 Å². The summed E-state index contributed by atoms with van der Waals surface area (Å²) < 4.78 is 13.4. The molecule has 2 heterocycles. The molecule has 0 fully saturated rings. The summed E-state index contributed by atoms with van der Waals surface area (Å²) >= 11 is 6.18. The van der Waals surface area contributed by atoms with Gasteiger partial charge in [0.1, 0.15) is 17.9 Å². The highest BCUT2D eigenvalue weighted by atomic mass is 35.5. The highest BCUT2D eigenvalue weighted by Gasteiger charge is 2.17. The van der Waals surface area contributed by atoms with E-state index in [2.05, 4.69) is 5.10 Å². The molecule has 4 aromatic carbocycles. The molecular formula is C32H24ClN5O5. The van der Waals surface area contributed by atoms with Crippen molar-refractivity contribution < 1.29 is 14.1 Å². The summed E-state index contributed by atoms with van der Waals surface area (Å²) in [5.41, 5.74) is 2.99. The molecule has 0 saturated carbocycles. The van der Waals surface area contributed by atoms with E-state index in [0.29, 0.717) is 38.6 Å². The van der Waals surface area contributed by atoms with Crippen LogP contribution >= 0.6 is 11.6 Å². The number of fused-ring (bicyclic) bond motifs is 2. The number of nitro groups is 1. The van der Waals surface area contributed by atoms with Gasteiger partial charge in [0.25, 0.3) is 11.2 Å². The van der Waals surface area contributed by atoms with E-state index in [0.717, 1.165) is 16.6 Å². The molecule has 0 bridgehead atoms. The fourth-order valence-electron chi connectivity index (χ4n) is 4.54. The third-order valence-electron chi connectivity index (χ3n) is 6.82. The fourth-order valence-corrected chi connectivity index (χ4v) is 4.72. The van der Waals surface area contributed by atoms with Crippen molar-refractivity contribution >= 4 is 51.1 Å². The number of para-hydroxylation sites is 1. The van der Waals surface area contributed by atoms with Crippen molar-refractivity contribution in [2.24, 2.45) is 5.10 Å². The number of nitro benzene ring substituents is 1. The van der Waals surface area contributed by atoms with E-state index >= 15 is 0 Å². The van der Waals surface area contributed by atoms with Crippen LogP contribution in [0.5, 0.6) is 5.75 Å². The van der Waals surface area contributed by atoms with Crippen molar-refractivity contribution in [3.8, 4) is 17.3 Å². The molecule has 0 aliphatic carbocycles. The van der Waals surface area contributed by atoms with Crippen LogP contribution in [0.1, 0.15) is 11.1 Å². The lowest BCUT2D eigenvalue weighted by atomic mass is 10.2. The zero-order valence-corrected chi connectivity index (χ0v) is 23.9. The van der Waals surface area contributed by atoms with Gasteiger partial charge in [-0.05, 0) is 66.2 Å². The summed E-state index contributed by atoms with van der Waals surface area (Å²) in [4.78, 5) is 30.9. The van der Waals surface area contributed by atoms with Crippen molar-refractivity contribution in [1.82, 2.24) is 9.66 Å². The number of nitrogens with zero attached hydrogens (tertiary/aromatic N) is 5. The van der Waals surface area contributed by atoms with Crippen molar-refractivity contribution in [3.63, 3.8) is 0 Å². The quantitative estimate of drug-likeness (QED) is 0.107. The molecule has 0 radical (unpaired) electrons. The second-order valence-electron chi connectivity index (χ2n) is 9.94. The minimum absolute atomic E-state index is 0.00367. The van der Waals surface area contributed by atoms with Gasteiger partial charge in [0, 0.05) is 54.0 Å². The van der Waals surface area contributed by atoms with Crippen LogP contribution in [0.15, 0.2) is 105 Å². The van der Waals surface area contributed by atoms with Gasteiger partial charge in [-0.3, -0.25) is 14.9 Å².